The van der Waals surface area contributed by atoms with Crippen LogP contribution in [0.15, 0.2) is 18.2 Å². The van der Waals surface area contributed by atoms with E-state index in [9.17, 15) is 14.7 Å². The molecule has 0 aliphatic carbocycles. The van der Waals surface area contributed by atoms with E-state index in [0.29, 0.717) is 22.0 Å². The van der Waals surface area contributed by atoms with Crippen molar-refractivity contribution in [3.63, 3.8) is 0 Å². The van der Waals surface area contributed by atoms with Crippen molar-refractivity contribution in [3.8, 4) is 0 Å². The van der Waals surface area contributed by atoms with Gasteiger partial charge in [0.1, 0.15) is 6.10 Å². The van der Waals surface area contributed by atoms with E-state index >= 15 is 0 Å². The fourth-order valence-electron chi connectivity index (χ4n) is 1.82. The molecule has 8 heteroatoms. The van der Waals surface area contributed by atoms with E-state index in [-0.39, 0.29) is 13.0 Å². The molecule has 4 N–H and O–H groups in total. The highest BCUT2D eigenvalue weighted by molar-refractivity contribution is 6.36. The summed E-state index contributed by atoms with van der Waals surface area (Å²) >= 11 is 12.0. The number of nitrogens with one attached hydrogen (secondary N) is 2. The summed E-state index contributed by atoms with van der Waals surface area (Å²) in [6.45, 7) is 1.84. The molecule has 0 radical (unpaired) electrons. The van der Waals surface area contributed by atoms with Gasteiger partial charge in [0.25, 0.3) is 0 Å². The Labute approximate surface area is 138 Å². The zero-order chi connectivity index (χ0) is 16.7. The van der Waals surface area contributed by atoms with Gasteiger partial charge in [0.2, 0.25) is 0 Å². The summed E-state index contributed by atoms with van der Waals surface area (Å²) in [6, 6.07) is 3.74. The molecule has 0 bridgehead atoms. The molecule has 0 fully saturated rings. The standard InChI is InChI=1S/C14H18Cl2N2O4/c1-8(18-14(22)17-7-3-6-11(19)20)13(21)12-9(15)4-2-5-10(12)16/h2,4-5,8,13,21H,3,6-7H2,1H3,(H,19,20)(H2,17,18,22). The van der Waals surface area contributed by atoms with E-state index in [2.05, 4.69) is 10.6 Å². The van der Waals surface area contributed by atoms with Crippen LogP contribution >= 0.6 is 23.2 Å². The Bertz CT molecular complexity index is 519. The molecule has 1 aromatic carbocycles. The first kappa shape index (κ1) is 18.5. The van der Waals surface area contributed by atoms with Crippen molar-refractivity contribution in [1.29, 1.82) is 0 Å². The summed E-state index contributed by atoms with van der Waals surface area (Å²) in [6.07, 6.45) is -0.755. The van der Waals surface area contributed by atoms with Gasteiger partial charge in [0.05, 0.1) is 6.04 Å². The van der Waals surface area contributed by atoms with E-state index in [1.54, 1.807) is 25.1 Å². The Morgan fingerprint density at radius 1 is 1.27 bits per heavy atom. The van der Waals surface area contributed by atoms with Crippen LogP contribution in [0.1, 0.15) is 31.4 Å². The van der Waals surface area contributed by atoms with Crippen molar-refractivity contribution in [2.75, 3.05) is 6.54 Å². The van der Waals surface area contributed by atoms with Gasteiger partial charge in [-0.25, -0.2) is 4.79 Å². The van der Waals surface area contributed by atoms with E-state index in [1.165, 1.54) is 0 Å². The molecule has 22 heavy (non-hydrogen) atoms. The van der Waals surface area contributed by atoms with Gasteiger partial charge in [-0.15, -0.1) is 0 Å². The summed E-state index contributed by atoms with van der Waals surface area (Å²) in [4.78, 5) is 22.0. The van der Waals surface area contributed by atoms with Gasteiger partial charge >= 0.3 is 12.0 Å². The van der Waals surface area contributed by atoms with Crippen molar-refractivity contribution in [3.05, 3.63) is 33.8 Å². The van der Waals surface area contributed by atoms with Crippen LogP contribution in [-0.2, 0) is 4.79 Å². The number of aliphatic hydroxyl groups is 1. The Kier molecular flexibility index (Phi) is 7.44. The van der Waals surface area contributed by atoms with Crippen LogP contribution in [-0.4, -0.2) is 34.8 Å². The lowest BCUT2D eigenvalue weighted by molar-refractivity contribution is -0.137. The third-order valence-corrected chi connectivity index (χ3v) is 3.64. The van der Waals surface area contributed by atoms with Crippen LogP contribution in [0.25, 0.3) is 0 Å². The third kappa shape index (κ3) is 5.71. The van der Waals surface area contributed by atoms with Gasteiger partial charge in [0, 0.05) is 28.6 Å². The molecule has 0 aliphatic heterocycles. The zero-order valence-electron chi connectivity index (χ0n) is 12.0. The molecular formula is C14H18Cl2N2O4. The van der Waals surface area contributed by atoms with Gasteiger partial charge < -0.3 is 20.8 Å². The number of carbonyl (C=O) groups is 2. The van der Waals surface area contributed by atoms with Crippen LogP contribution in [0.3, 0.4) is 0 Å². The molecule has 2 unspecified atom stereocenters. The summed E-state index contributed by atoms with van der Waals surface area (Å²) in [5, 5.41) is 24.4. The van der Waals surface area contributed by atoms with E-state index in [1.807, 2.05) is 0 Å². The maximum Gasteiger partial charge on any atom is 0.315 e. The molecule has 2 atom stereocenters. The number of urea groups is 1. The summed E-state index contributed by atoms with van der Waals surface area (Å²) in [7, 11) is 0. The normalized spacial score (nSPS) is 13.3. The van der Waals surface area contributed by atoms with Gasteiger partial charge in [-0.3, -0.25) is 4.79 Å². The van der Waals surface area contributed by atoms with Crippen molar-refractivity contribution in [2.45, 2.75) is 31.9 Å². The molecule has 0 aliphatic rings. The second kappa shape index (κ2) is 8.82. The van der Waals surface area contributed by atoms with E-state index < -0.39 is 24.1 Å². The van der Waals surface area contributed by atoms with Crippen molar-refractivity contribution >= 4 is 35.2 Å². The minimum absolute atomic E-state index is 0.0201. The average molecular weight is 349 g/mol. The fraction of sp³-hybridized carbons (Fsp3) is 0.429. The topological polar surface area (TPSA) is 98.7 Å². The molecule has 0 aromatic heterocycles. The predicted octanol–water partition coefficient (Wildman–Crippen LogP) is 2.58. The molecule has 0 saturated heterocycles. The van der Waals surface area contributed by atoms with Crippen molar-refractivity contribution < 1.29 is 19.8 Å². The van der Waals surface area contributed by atoms with Gasteiger partial charge in [0.15, 0.2) is 0 Å². The minimum atomic E-state index is -1.06. The Morgan fingerprint density at radius 3 is 2.41 bits per heavy atom. The van der Waals surface area contributed by atoms with Crippen LogP contribution in [0, 0.1) is 0 Å². The smallest absolute Gasteiger partial charge is 0.315 e. The van der Waals surface area contributed by atoms with Gasteiger partial charge in [-0.2, -0.15) is 0 Å². The average Bonchev–Trinajstić information content (AvgIpc) is 2.43. The highest BCUT2D eigenvalue weighted by Gasteiger charge is 2.22. The molecule has 0 spiro atoms. The lowest BCUT2D eigenvalue weighted by atomic mass is 10.0. The van der Waals surface area contributed by atoms with Crippen LogP contribution in [0.5, 0.6) is 0 Å². The highest BCUT2D eigenvalue weighted by Crippen LogP contribution is 2.31. The molecule has 2 amide bonds. The Morgan fingerprint density at radius 2 is 1.86 bits per heavy atom. The predicted molar refractivity (Wildman–Crippen MR) is 84.3 cm³/mol. The Balaban J connectivity index is 2.52. The molecular weight excluding hydrogens is 331 g/mol. The number of hydrogen-bond donors (Lipinski definition) is 4. The summed E-state index contributed by atoms with van der Waals surface area (Å²) in [5.74, 6) is -0.917. The SMILES string of the molecule is CC(NC(=O)NCCCC(=O)O)C(O)c1c(Cl)cccc1Cl. The van der Waals surface area contributed by atoms with Gasteiger partial charge in [-0.05, 0) is 25.5 Å². The summed E-state index contributed by atoms with van der Waals surface area (Å²) in [5.41, 5.74) is 0.351. The number of carbonyl (C=O) groups excluding carboxylic acids is 1. The first-order chi connectivity index (χ1) is 10.3. The number of carboxylic acids is 1. The lowest BCUT2D eigenvalue weighted by Crippen LogP contribution is -2.43. The van der Waals surface area contributed by atoms with E-state index in [0.717, 1.165) is 0 Å². The first-order valence-corrected chi connectivity index (χ1v) is 7.46. The zero-order valence-corrected chi connectivity index (χ0v) is 13.5. The highest BCUT2D eigenvalue weighted by atomic mass is 35.5. The monoisotopic (exact) mass is 348 g/mol. The van der Waals surface area contributed by atoms with Crippen LogP contribution in [0.2, 0.25) is 10.0 Å². The lowest BCUT2D eigenvalue weighted by Gasteiger charge is -2.22. The first-order valence-electron chi connectivity index (χ1n) is 6.71. The minimum Gasteiger partial charge on any atom is -0.481 e. The molecule has 0 heterocycles. The quantitative estimate of drug-likeness (QED) is 0.569. The second-order valence-electron chi connectivity index (χ2n) is 4.77. The summed E-state index contributed by atoms with van der Waals surface area (Å²) < 4.78 is 0. The Hall–Kier alpha value is -1.50. The van der Waals surface area contributed by atoms with Crippen LogP contribution in [0.4, 0.5) is 4.79 Å². The number of aliphatic hydroxyl groups excluding tert-OH is 1. The maximum atomic E-state index is 11.7. The number of carboxylic acid groups (broad SMARTS) is 1. The number of rotatable bonds is 7. The largest absolute Gasteiger partial charge is 0.481 e. The molecule has 1 aromatic rings. The fourth-order valence-corrected chi connectivity index (χ4v) is 2.44. The van der Waals surface area contributed by atoms with Crippen molar-refractivity contribution in [2.24, 2.45) is 0 Å². The number of amides is 2. The third-order valence-electron chi connectivity index (χ3n) is 2.98. The van der Waals surface area contributed by atoms with Gasteiger partial charge in [-0.1, -0.05) is 29.3 Å². The number of benzene rings is 1. The number of hydrogen-bond acceptors (Lipinski definition) is 3. The number of halogens is 2. The second-order valence-corrected chi connectivity index (χ2v) is 5.58. The number of aliphatic carboxylic acids is 1. The van der Waals surface area contributed by atoms with Crippen LogP contribution < -0.4 is 10.6 Å². The molecule has 0 saturated carbocycles. The molecule has 1 rings (SSSR count). The molecule has 6 nitrogen and oxygen atoms in total. The maximum absolute atomic E-state index is 11.7. The van der Waals surface area contributed by atoms with Crippen molar-refractivity contribution in [1.82, 2.24) is 10.6 Å². The molecule has 122 valence electrons. The van der Waals surface area contributed by atoms with E-state index in [4.69, 9.17) is 28.3 Å².